The van der Waals surface area contributed by atoms with Crippen LogP contribution in [0.4, 0.5) is 0 Å². The molecule has 0 saturated carbocycles. The number of rotatable bonds is 6. The number of nitrogens with one attached hydrogen (secondary N) is 1. The van der Waals surface area contributed by atoms with Crippen LogP contribution in [0.1, 0.15) is 43.6 Å². The predicted octanol–water partition coefficient (Wildman–Crippen LogP) is 3.72. The molecule has 1 aromatic carbocycles. The van der Waals surface area contributed by atoms with E-state index in [2.05, 4.69) is 55.5 Å². The number of hydrogen-bond acceptors (Lipinski definition) is 3. The highest BCUT2D eigenvalue weighted by Crippen LogP contribution is 2.16. The Bertz CT molecular complexity index is 474. The van der Waals surface area contributed by atoms with Gasteiger partial charge in [0.05, 0.1) is 5.69 Å². The van der Waals surface area contributed by atoms with Gasteiger partial charge in [0, 0.05) is 18.7 Å². The molecular formula is C16H22N2O. The van der Waals surface area contributed by atoms with E-state index in [0.29, 0.717) is 12.0 Å². The van der Waals surface area contributed by atoms with Gasteiger partial charge in [-0.3, -0.25) is 0 Å². The summed E-state index contributed by atoms with van der Waals surface area (Å²) in [6.07, 6.45) is 2.74. The summed E-state index contributed by atoms with van der Waals surface area (Å²) in [5.41, 5.74) is 3.64. The Morgan fingerprint density at radius 1 is 1.11 bits per heavy atom. The number of benzene rings is 1. The maximum atomic E-state index is 4.82. The molecule has 0 fully saturated rings. The zero-order valence-electron chi connectivity index (χ0n) is 11.9. The lowest BCUT2D eigenvalue weighted by Crippen LogP contribution is -2.18. The molecule has 0 aliphatic carbocycles. The largest absolute Gasteiger partial charge is 0.364 e. The van der Waals surface area contributed by atoms with Crippen LogP contribution in [0.15, 0.2) is 41.1 Å². The van der Waals surface area contributed by atoms with E-state index in [1.54, 1.807) is 6.26 Å². The van der Waals surface area contributed by atoms with E-state index in [1.807, 2.05) is 6.07 Å². The Morgan fingerprint density at radius 3 is 2.42 bits per heavy atom. The Kier molecular flexibility index (Phi) is 4.74. The first-order chi connectivity index (χ1) is 9.15. The molecule has 1 N–H and O–H groups in total. The van der Waals surface area contributed by atoms with Crippen molar-refractivity contribution in [3.05, 3.63) is 53.4 Å². The first-order valence-electron chi connectivity index (χ1n) is 6.86. The molecule has 1 heterocycles. The second kappa shape index (κ2) is 6.53. The molecule has 0 bridgehead atoms. The lowest BCUT2D eigenvalue weighted by Gasteiger charge is -2.14. The molecule has 1 aromatic heterocycles. The molecule has 19 heavy (non-hydrogen) atoms. The van der Waals surface area contributed by atoms with Gasteiger partial charge in [0.1, 0.15) is 6.26 Å². The second-order valence-corrected chi connectivity index (χ2v) is 5.43. The van der Waals surface area contributed by atoms with Crippen LogP contribution in [-0.4, -0.2) is 5.16 Å². The first kappa shape index (κ1) is 13.8. The van der Waals surface area contributed by atoms with E-state index in [0.717, 1.165) is 18.7 Å². The van der Waals surface area contributed by atoms with Gasteiger partial charge in [-0.15, -0.1) is 0 Å². The van der Waals surface area contributed by atoms with Crippen molar-refractivity contribution >= 4 is 0 Å². The van der Waals surface area contributed by atoms with Crippen molar-refractivity contribution in [2.75, 3.05) is 0 Å². The van der Waals surface area contributed by atoms with Gasteiger partial charge in [0.15, 0.2) is 0 Å². The van der Waals surface area contributed by atoms with Gasteiger partial charge < -0.3 is 9.84 Å². The molecular weight excluding hydrogens is 236 g/mol. The van der Waals surface area contributed by atoms with Gasteiger partial charge in [0.2, 0.25) is 0 Å². The highest BCUT2D eigenvalue weighted by molar-refractivity contribution is 5.25. The maximum Gasteiger partial charge on any atom is 0.124 e. The topological polar surface area (TPSA) is 38.1 Å². The molecule has 1 atom stereocenters. The lowest BCUT2D eigenvalue weighted by molar-refractivity contribution is 0.406. The van der Waals surface area contributed by atoms with Gasteiger partial charge in [-0.25, -0.2) is 0 Å². The quantitative estimate of drug-likeness (QED) is 0.858. The molecule has 102 valence electrons. The molecule has 0 aliphatic heterocycles. The van der Waals surface area contributed by atoms with E-state index in [-0.39, 0.29) is 0 Å². The Morgan fingerprint density at radius 2 is 1.84 bits per heavy atom. The fourth-order valence-electron chi connectivity index (χ4n) is 2.12. The molecule has 2 aromatic rings. The normalized spacial score (nSPS) is 12.8. The molecule has 1 unspecified atom stereocenters. The molecule has 0 spiro atoms. The van der Waals surface area contributed by atoms with Crippen LogP contribution in [0.25, 0.3) is 0 Å². The van der Waals surface area contributed by atoms with Crippen molar-refractivity contribution < 1.29 is 4.52 Å². The second-order valence-electron chi connectivity index (χ2n) is 5.43. The summed E-state index contributed by atoms with van der Waals surface area (Å²) in [4.78, 5) is 0. The SMILES string of the molecule is CC(C)Cc1ccc(C(C)NCc2ccon2)cc1. The third kappa shape index (κ3) is 4.21. The number of aromatic nitrogens is 1. The minimum absolute atomic E-state index is 0.310. The monoisotopic (exact) mass is 258 g/mol. The van der Waals surface area contributed by atoms with E-state index in [9.17, 15) is 0 Å². The van der Waals surface area contributed by atoms with Gasteiger partial charge in [-0.1, -0.05) is 43.3 Å². The van der Waals surface area contributed by atoms with Crippen molar-refractivity contribution in [2.45, 2.75) is 39.8 Å². The summed E-state index contributed by atoms with van der Waals surface area (Å²) in [7, 11) is 0. The average Bonchev–Trinajstić information content (AvgIpc) is 2.89. The molecule has 0 amide bonds. The van der Waals surface area contributed by atoms with Crippen LogP contribution < -0.4 is 5.32 Å². The lowest BCUT2D eigenvalue weighted by atomic mass is 10.00. The van der Waals surface area contributed by atoms with Gasteiger partial charge in [0.25, 0.3) is 0 Å². The Hall–Kier alpha value is -1.61. The van der Waals surface area contributed by atoms with Crippen molar-refractivity contribution in [1.82, 2.24) is 10.5 Å². The Labute approximate surface area is 115 Å². The molecule has 3 nitrogen and oxygen atoms in total. The van der Waals surface area contributed by atoms with E-state index in [1.165, 1.54) is 11.1 Å². The fraction of sp³-hybridized carbons (Fsp3) is 0.438. The molecule has 3 heteroatoms. The summed E-state index contributed by atoms with van der Waals surface area (Å²) in [5.74, 6) is 0.702. The van der Waals surface area contributed by atoms with Crippen LogP contribution in [-0.2, 0) is 13.0 Å². The van der Waals surface area contributed by atoms with Gasteiger partial charge in [-0.05, 0) is 30.4 Å². The standard InChI is InChI=1S/C16H22N2O/c1-12(2)10-14-4-6-15(7-5-14)13(3)17-11-16-8-9-19-18-16/h4-9,12-13,17H,10-11H2,1-3H3. The molecule has 0 aliphatic rings. The van der Waals surface area contributed by atoms with E-state index >= 15 is 0 Å². The Balaban J connectivity index is 1.90. The van der Waals surface area contributed by atoms with E-state index in [4.69, 9.17) is 4.52 Å². The molecule has 2 rings (SSSR count). The highest BCUT2D eigenvalue weighted by atomic mass is 16.5. The maximum absolute atomic E-state index is 4.82. The fourth-order valence-corrected chi connectivity index (χ4v) is 2.12. The summed E-state index contributed by atoms with van der Waals surface area (Å²) >= 11 is 0. The van der Waals surface area contributed by atoms with Crippen LogP contribution in [0.3, 0.4) is 0 Å². The number of nitrogens with zero attached hydrogens (tertiary/aromatic N) is 1. The molecule has 0 radical (unpaired) electrons. The minimum atomic E-state index is 0.310. The minimum Gasteiger partial charge on any atom is -0.364 e. The van der Waals surface area contributed by atoms with Crippen LogP contribution in [0.2, 0.25) is 0 Å². The van der Waals surface area contributed by atoms with Gasteiger partial charge >= 0.3 is 0 Å². The third-order valence-corrected chi connectivity index (χ3v) is 3.20. The average molecular weight is 258 g/mol. The van der Waals surface area contributed by atoms with Crippen molar-refractivity contribution in [3.63, 3.8) is 0 Å². The van der Waals surface area contributed by atoms with Gasteiger partial charge in [-0.2, -0.15) is 0 Å². The van der Waals surface area contributed by atoms with Crippen molar-refractivity contribution in [1.29, 1.82) is 0 Å². The first-order valence-corrected chi connectivity index (χ1v) is 6.86. The van der Waals surface area contributed by atoms with Crippen molar-refractivity contribution in [2.24, 2.45) is 5.92 Å². The van der Waals surface area contributed by atoms with Crippen LogP contribution >= 0.6 is 0 Å². The predicted molar refractivity (Wildman–Crippen MR) is 76.7 cm³/mol. The van der Waals surface area contributed by atoms with Crippen molar-refractivity contribution in [3.8, 4) is 0 Å². The molecule has 0 saturated heterocycles. The number of hydrogen-bond donors (Lipinski definition) is 1. The van der Waals surface area contributed by atoms with Crippen LogP contribution in [0, 0.1) is 5.92 Å². The third-order valence-electron chi connectivity index (χ3n) is 3.20. The summed E-state index contributed by atoms with van der Waals surface area (Å²) in [5, 5.41) is 7.33. The van der Waals surface area contributed by atoms with Crippen LogP contribution in [0.5, 0.6) is 0 Å². The van der Waals surface area contributed by atoms with E-state index < -0.39 is 0 Å². The summed E-state index contributed by atoms with van der Waals surface area (Å²) in [6.45, 7) is 7.38. The summed E-state index contributed by atoms with van der Waals surface area (Å²) < 4.78 is 4.82. The zero-order chi connectivity index (χ0) is 13.7. The highest BCUT2D eigenvalue weighted by Gasteiger charge is 2.06. The summed E-state index contributed by atoms with van der Waals surface area (Å²) in [6, 6.07) is 11.1. The zero-order valence-corrected chi connectivity index (χ0v) is 11.9. The smallest absolute Gasteiger partial charge is 0.124 e.